The Labute approximate surface area is 147 Å². The first-order valence-electron chi connectivity index (χ1n) is 7.55. The van der Waals surface area contributed by atoms with Gasteiger partial charge < -0.3 is 15.8 Å². The Bertz CT molecular complexity index is 839. The van der Waals surface area contributed by atoms with Gasteiger partial charge in [0.25, 0.3) is 11.6 Å². The van der Waals surface area contributed by atoms with E-state index in [9.17, 15) is 24.1 Å². The number of nitro groups is 1. The third-order valence-corrected chi connectivity index (χ3v) is 3.50. The summed E-state index contributed by atoms with van der Waals surface area (Å²) in [6.07, 6.45) is -1.13. The number of carbonyl (C=O) groups excluding carboxylic acids is 2. The first kappa shape index (κ1) is 18.8. The molecule has 0 aliphatic rings. The van der Waals surface area contributed by atoms with Crippen LogP contribution in [0.2, 0.25) is 0 Å². The maximum Gasteiger partial charge on any atom is 0.339 e. The van der Waals surface area contributed by atoms with Crippen molar-refractivity contribution in [2.75, 3.05) is 5.73 Å². The van der Waals surface area contributed by atoms with E-state index in [0.717, 1.165) is 6.07 Å². The number of esters is 1. The molecule has 2 aromatic rings. The number of nitrogen functional groups attached to an aromatic ring is 1. The molecule has 0 aliphatic heterocycles. The lowest BCUT2D eigenvalue weighted by molar-refractivity contribution is -0.383. The van der Waals surface area contributed by atoms with Crippen LogP contribution in [0.1, 0.15) is 22.8 Å². The van der Waals surface area contributed by atoms with Crippen molar-refractivity contribution >= 4 is 23.3 Å². The molecule has 1 amide bonds. The highest BCUT2D eigenvalue weighted by Crippen LogP contribution is 2.22. The zero-order valence-corrected chi connectivity index (χ0v) is 13.8. The number of benzene rings is 2. The minimum atomic E-state index is -1.13. The molecule has 0 fully saturated rings. The van der Waals surface area contributed by atoms with Crippen LogP contribution in [0.15, 0.2) is 42.5 Å². The van der Waals surface area contributed by atoms with E-state index < -0.39 is 28.6 Å². The summed E-state index contributed by atoms with van der Waals surface area (Å²) < 4.78 is 17.8. The van der Waals surface area contributed by atoms with E-state index in [0.29, 0.717) is 5.56 Å². The molecule has 2 aromatic carbocycles. The number of nitrogens with two attached hydrogens (primary N) is 1. The summed E-state index contributed by atoms with van der Waals surface area (Å²) in [6.45, 7) is 1.50. The fourth-order valence-electron chi connectivity index (χ4n) is 2.05. The molecule has 0 aliphatic carbocycles. The molecule has 0 heterocycles. The lowest BCUT2D eigenvalue weighted by Crippen LogP contribution is -2.35. The van der Waals surface area contributed by atoms with Crippen LogP contribution in [0.4, 0.5) is 15.8 Å². The summed E-state index contributed by atoms with van der Waals surface area (Å²) in [6, 6.07) is 9.03. The van der Waals surface area contributed by atoms with Crippen molar-refractivity contribution in [3.8, 4) is 0 Å². The second kappa shape index (κ2) is 8.06. The maximum absolute atomic E-state index is 12.8. The molecule has 0 bridgehead atoms. The number of carbonyl (C=O) groups is 2. The van der Waals surface area contributed by atoms with E-state index in [-0.39, 0.29) is 23.6 Å². The van der Waals surface area contributed by atoms with Gasteiger partial charge in [0.2, 0.25) is 0 Å². The second-order valence-electron chi connectivity index (χ2n) is 5.42. The highest BCUT2D eigenvalue weighted by atomic mass is 19.1. The normalized spacial score (nSPS) is 11.5. The lowest BCUT2D eigenvalue weighted by atomic mass is 10.2. The highest BCUT2D eigenvalue weighted by molar-refractivity contribution is 5.93. The largest absolute Gasteiger partial charge is 0.449 e. The lowest BCUT2D eigenvalue weighted by Gasteiger charge is -2.13. The number of rotatable bonds is 6. The van der Waals surface area contributed by atoms with Crippen LogP contribution < -0.4 is 11.1 Å². The van der Waals surface area contributed by atoms with E-state index in [2.05, 4.69) is 5.32 Å². The molecular formula is C17H16FN3O5. The van der Waals surface area contributed by atoms with Gasteiger partial charge in [0.05, 0.1) is 10.5 Å². The highest BCUT2D eigenvalue weighted by Gasteiger charge is 2.21. The number of ether oxygens (including phenoxy) is 1. The second-order valence-corrected chi connectivity index (χ2v) is 5.42. The predicted octanol–water partition coefficient (Wildman–Crippen LogP) is 2.18. The summed E-state index contributed by atoms with van der Waals surface area (Å²) >= 11 is 0. The molecule has 3 N–H and O–H groups in total. The van der Waals surface area contributed by atoms with E-state index >= 15 is 0 Å². The Morgan fingerprint density at radius 1 is 1.27 bits per heavy atom. The van der Waals surface area contributed by atoms with Crippen molar-refractivity contribution in [2.45, 2.75) is 19.6 Å². The molecule has 0 spiro atoms. The molecule has 0 aromatic heterocycles. The van der Waals surface area contributed by atoms with Crippen molar-refractivity contribution in [1.82, 2.24) is 5.32 Å². The van der Waals surface area contributed by atoms with Crippen LogP contribution in [0.25, 0.3) is 0 Å². The van der Waals surface area contributed by atoms with E-state index in [1.54, 1.807) is 0 Å². The quantitative estimate of drug-likeness (QED) is 0.352. The average Bonchev–Trinajstić information content (AvgIpc) is 2.60. The summed E-state index contributed by atoms with van der Waals surface area (Å²) in [7, 11) is 0. The Kier molecular flexibility index (Phi) is 5.84. The van der Waals surface area contributed by atoms with Gasteiger partial charge in [-0.1, -0.05) is 12.1 Å². The molecule has 1 unspecified atom stereocenters. The average molecular weight is 361 g/mol. The van der Waals surface area contributed by atoms with Gasteiger partial charge in [0, 0.05) is 12.6 Å². The molecule has 9 heteroatoms. The van der Waals surface area contributed by atoms with Crippen molar-refractivity contribution in [1.29, 1.82) is 0 Å². The van der Waals surface area contributed by atoms with Crippen LogP contribution in [0.5, 0.6) is 0 Å². The fraction of sp³-hybridized carbons (Fsp3) is 0.176. The molecular weight excluding hydrogens is 345 g/mol. The van der Waals surface area contributed by atoms with Crippen LogP contribution in [-0.2, 0) is 16.1 Å². The fourth-order valence-corrected chi connectivity index (χ4v) is 2.05. The zero-order chi connectivity index (χ0) is 19.3. The minimum Gasteiger partial charge on any atom is -0.449 e. The van der Waals surface area contributed by atoms with E-state index in [4.69, 9.17) is 10.5 Å². The van der Waals surface area contributed by atoms with Crippen LogP contribution in [0, 0.1) is 15.9 Å². The molecule has 136 valence electrons. The topological polar surface area (TPSA) is 125 Å². The van der Waals surface area contributed by atoms with Crippen molar-refractivity contribution in [3.05, 3.63) is 69.5 Å². The molecule has 1 atom stereocenters. The summed E-state index contributed by atoms with van der Waals surface area (Å²) in [5.41, 5.74) is 5.53. The Balaban J connectivity index is 1.95. The van der Waals surface area contributed by atoms with Gasteiger partial charge in [-0.05, 0) is 36.8 Å². The summed E-state index contributed by atoms with van der Waals surface area (Å²) in [4.78, 5) is 34.2. The first-order chi connectivity index (χ1) is 12.3. The third kappa shape index (κ3) is 4.76. The maximum atomic E-state index is 12.8. The standard InChI is InChI=1S/C17H16FN3O5/c1-10(16(22)20-9-11-2-5-13(18)6-3-11)26-17(23)12-4-7-14(19)15(8-12)21(24)25/h2-8,10H,9,19H2,1H3,(H,20,22). The van der Waals surface area contributed by atoms with Gasteiger partial charge in [-0.2, -0.15) is 0 Å². The van der Waals surface area contributed by atoms with Gasteiger partial charge >= 0.3 is 5.97 Å². The van der Waals surface area contributed by atoms with Crippen LogP contribution >= 0.6 is 0 Å². The Morgan fingerprint density at radius 3 is 2.54 bits per heavy atom. The van der Waals surface area contributed by atoms with Crippen molar-refractivity contribution in [2.24, 2.45) is 0 Å². The van der Waals surface area contributed by atoms with Crippen LogP contribution in [0.3, 0.4) is 0 Å². The number of amides is 1. The van der Waals surface area contributed by atoms with E-state index in [1.807, 2.05) is 0 Å². The summed E-state index contributed by atoms with van der Waals surface area (Å²) in [5, 5.41) is 13.4. The monoisotopic (exact) mass is 361 g/mol. The summed E-state index contributed by atoms with van der Waals surface area (Å²) in [5.74, 6) is -1.84. The number of anilines is 1. The molecule has 2 rings (SSSR count). The number of hydrogen-bond acceptors (Lipinski definition) is 6. The van der Waals surface area contributed by atoms with Crippen molar-refractivity contribution in [3.63, 3.8) is 0 Å². The number of hydrogen-bond donors (Lipinski definition) is 2. The van der Waals surface area contributed by atoms with Crippen molar-refractivity contribution < 1.29 is 23.6 Å². The molecule has 0 radical (unpaired) electrons. The van der Waals surface area contributed by atoms with Gasteiger partial charge in [-0.15, -0.1) is 0 Å². The number of nitrogens with one attached hydrogen (secondary N) is 1. The van der Waals surface area contributed by atoms with Gasteiger partial charge in [0.15, 0.2) is 6.10 Å². The minimum absolute atomic E-state index is 0.0864. The predicted molar refractivity (Wildman–Crippen MR) is 90.6 cm³/mol. The zero-order valence-electron chi connectivity index (χ0n) is 13.8. The third-order valence-electron chi connectivity index (χ3n) is 3.50. The van der Waals surface area contributed by atoms with Gasteiger partial charge in [0.1, 0.15) is 11.5 Å². The smallest absolute Gasteiger partial charge is 0.339 e. The van der Waals surface area contributed by atoms with Gasteiger partial charge in [-0.25, -0.2) is 9.18 Å². The number of nitro benzene ring substituents is 1. The molecule has 8 nitrogen and oxygen atoms in total. The SMILES string of the molecule is CC(OC(=O)c1ccc(N)c([N+](=O)[O-])c1)C(=O)NCc1ccc(F)cc1. The molecule has 0 saturated carbocycles. The van der Waals surface area contributed by atoms with Gasteiger partial charge in [-0.3, -0.25) is 14.9 Å². The Morgan fingerprint density at radius 2 is 1.92 bits per heavy atom. The number of halogens is 1. The number of nitrogens with zero attached hydrogens (tertiary/aromatic N) is 1. The molecule has 26 heavy (non-hydrogen) atoms. The van der Waals surface area contributed by atoms with E-state index in [1.165, 1.54) is 43.3 Å². The van der Waals surface area contributed by atoms with Crippen LogP contribution in [-0.4, -0.2) is 22.9 Å². The molecule has 0 saturated heterocycles. The first-order valence-corrected chi connectivity index (χ1v) is 7.55. The Hall–Kier alpha value is -3.49.